The highest BCUT2D eigenvalue weighted by molar-refractivity contribution is 9.10. The monoisotopic (exact) mass is 354 g/mol. The van der Waals surface area contributed by atoms with Crippen LogP contribution in [-0.2, 0) is 6.42 Å². The van der Waals surface area contributed by atoms with Gasteiger partial charge in [-0.15, -0.1) is 0 Å². The lowest BCUT2D eigenvalue weighted by Gasteiger charge is -2.08. The third-order valence-electron chi connectivity index (χ3n) is 2.62. The summed E-state index contributed by atoms with van der Waals surface area (Å²) in [5.74, 6) is 0.763. The highest BCUT2D eigenvalue weighted by atomic mass is 79.9. The number of halogens is 2. The van der Waals surface area contributed by atoms with Crippen LogP contribution in [0.25, 0.3) is 11.4 Å². The van der Waals surface area contributed by atoms with Crippen LogP contribution in [0, 0.1) is 6.92 Å². The minimum atomic E-state index is 0.763. The van der Waals surface area contributed by atoms with Crippen molar-refractivity contribution in [2.45, 2.75) is 20.3 Å². The molecule has 1 heterocycles. The van der Waals surface area contributed by atoms with Gasteiger partial charge in [0.05, 0.1) is 0 Å². The Morgan fingerprint density at radius 3 is 2.24 bits per heavy atom. The van der Waals surface area contributed by atoms with Crippen LogP contribution in [0.3, 0.4) is 0 Å². The number of aryl methyl sites for hydroxylation is 1. The Bertz CT molecular complexity index is 513. The number of rotatable bonds is 2. The number of benzene rings is 1. The summed E-state index contributed by atoms with van der Waals surface area (Å²) in [6.45, 7) is 4.13. The first-order chi connectivity index (χ1) is 8.11. The zero-order valence-electron chi connectivity index (χ0n) is 9.67. The second kappa shape index (κ2) is 5.27. The van der Waals surface area contributed by atoms with E-state index < -0.39 is 0 Å². The van der Waals surface area contributed by atoms with Gasteiger partial charge in [-0.05, 0) is 41.4 Å². The lowest BCUT2D eigenvalue weighted by molar-refractivity contribution is 0.981. The summed E-state index contributed by atoms with van der Waals surface area (Å²) >= 11 is 6.93. The van der Waals surface area contributed by atoms with Crippen LogP contribution in [0.5, 0.6) is 0 Å². The Balaban J connectivity index is 2.50. The molecule has 0 aliphatic rings. The van der Waals surface area contributed by atoms with Crippen molar-refractivity contribution in [2.75, 3.05) is 0 Å². The number of hydrogen-bond donors (Lipinski definition) is 0. The standard InChI is InChI=1S/C13H12Br2N2/c1-3-11-8(2)16-13(17-12(11)15)9-4-6-10(14)7-5-9/h4-7H,3H2,1-2H3. The van der Waals surface area contributed by atoms with E-state index in [1.165, 1.54) is 5.56 Å². The molecule has 0 amide bonds. The van der Waals surface area contributed by atoms with Gasteiger partial charge >= 0.3 is 0 Å². The fourth-order valence-corrected chi connectivity index (χ4v) is 2.69. The minimum Gasteiger partial charge on any atom is -0.233 e. The van der Waals surface area contributed by atoms with Gasteiger partial charge in [-0.1, -0.05) is 35.0 Å². The van der Waals surface area contributed by atoms with Gasteiger partial charge in [0, 0.05) is 21.3 Å². The van der Waals surface area contributed by atoms with Crippen molar-refractivity contribution in [3.05, 3.63) is 44.6 Å². The van der Waals surface area contributed by atoms with Gasteiger partial charge in [0.1, 0.15) is 4.60 Å². The summed E-state index contributed by atoms with van der Waals surface area (Å²) in [5, 5.41) is 0. The Morgan fingerprint density at radius 2 is 1.71 bits per heavy atom. The first-order valence-corrected chi connectivity index (χ1v) is 6.99. The fraction of sp³-hybridized carbons (Fsp3) is 0.231. The molecule has 17 heavy (non-hydrogen) atoms. The molecular weight excluding hydrogens is 344 g/mol. The second-order valence-electron chi connectivity index (χ2n) is 3.76. The molecule has 0 atom stereocenters. The largest absolute Gasteiger partial charge is 0.233 e. The maximum atomic E-state index is 4.55. The van der Waals surface area contributed by atoms with Crippen molar-refractivity contribution < 1.29 is 0 Å². The highest BCUT2D eigenvalue weighted by Gasteiger charge is 2.09. The van der Waals surface area contributed by atoms with Gasteiger partial charge in [-0.25, -0.2) is 9.97 Å². The molecule has 0 aliphatic heterocycles. The van der Waals surface area contributed by atoms with Crippen LogP contribution in [0.4, 0.5) is 0 Å². The molecule has 2 rings (SSSR count). The molecule has 0 aliphatic carbocycles. The smallest absolute Gasteiger partial charge is 0.160 e. The lowest BCUT2D eigenvalue weighted by Crippen LogP contribution is -1.99. The van der Waals surface area contributed by atoms with Gasteiger partial charge < -0.3 is 0 Å². The Kier molecular flexibility index (Phi) is 3.94. The first kappa shape index (κ1) is 12.7. The second-order valence-corrected chi connectivity index (χ2v) is 5.43. The molecule has 4 heteroatoms. The van der Waals surface area contributed by atoms with Crippen molar-refractivity contribution in [1.82, 2.24) is 9.97 Å². The summed E-state index contributed by atoms with van der Waals surface area (Å²) in [4.78, 5) is 9.04. The van der Waals surface area contributed by atoms with E-state index >= 15 is 0 Å². The Hall–Kier alpha value is -0.740. The van der Waals surface area contributed by atoms with E-state index in [2.05, 4.69) is 48.8 Å². The van der Waals surface area contributed by atoms with Crippen molar-refractivity contribution in [1.29, 1.82) is 0 Å². The Labute approximate surface area is 118 Å². The molecule has 0 N–H and O–H groups in total. The zero-order valence-corrected chi connectivity index (χ0v) is 12.8. The van der Waals surface area contributed by atoms with Gasteiger partial charge in [0.25, 0.3) is 0 Å². The predicted molar refractivity (Wildman–Crippen MR) is 77.0 cm³/mol. The van der Waals surface area contributed by atoms with Gasteiger partial charge in [-0.3, -0.25) is 0 Å². The van der Waals surface area contributed by atoms with E-state index in [9.17, 15) is 0 Å². The first-order valence-electron chi connectivity index (χ1n) is 5.40. The molecular formula is C13H12Br2N2. The van der Waals surface area contributed by atoms with Crippen molar-refractivity contribution in [2.24, 2.45) is 0 Å². The number of hydrogen-bond acceptors (Lipinski definition) is 2. The highest BCUT2D eigenvalue weighted by Crippen LogP contribution is 2.24. The summed E-state index contributed by atoms with van der Waals surface area (Å²) in [5.41, 5.74) is 3.23. The molecule has 1 aromatic heterocycles. The Morgan fingerprint density at radius 1 is 1.06 bits per heavy atom. The van der Waals surface area contributed by atoms with Gasteiger partial charge in [0.2, 0.25) is 0 Å². The molecule has 88 valence electrons. The average Bonchev–Trinajstić information content (AvgIpc) is 2.29. The molecule has 0 bridgehead atoms. The van der Waals surface area contributed by atoms with Crippen molar-refractivity contribution in [3.8, 4) is 11.4 Å². The van der Waals surface area contributed by atoms with E-state index in [0.717, 1.165) is 32.6 Å². The van der Waals surface area contributed by atoms with Crippen LogP contribution in [-0.4, -0.2) is 9.97 Å². The van der Waals surface area contributed by atoms with Crippen LogP contribution >= 0.6 is 31.9 Å². The van der Waals surface area contributed by atoms with Gasteiger partial charge in [0.15, 0.2) is 5.82 Å². The summed E-state index contributed by atoms with van der Waals surface area (Å²) in [6, 6.07) is 8.01. The number of nitrogens with zero attached hydrogens (tertiary/aromatic N) is 2. The molecule has 0 saturated carbocycles. The minimum absolute atomic E-state index is 0.763. The topological polar surface area (TPSA) is 25.8 Å². The van der Waals surface area contributed by atoms with E-state index in [0.29, 0.717) is 0 Å². The number of aromatic nitrogens is 2. The normalized spacial score (nSPS) is 10.6. The van der Waals surface area contributed by atoms with Crippen molar-refractivity contribution >= 4 is 31.9 Å². The quantitative estimate of drug-likeness (QED) is 0.739. The van der Waals surface area contributed by atoms with E-state index in [4.69, 9.17) is 0 Å². The van der Waals surface area contributed by atoms with Crippen LogP contribution < -0.4 is 0 Å². The van der Waals surface area contributed by atoms with Crippen LogP contribution in [0.15, 0.2) is 33.3 Å². The fourth-order valence-electron chi connectivity index (χ4n) is 1.69. The lowest BCUT2D eigenvalue weighted by atomic mass is 10.1. The van der Waals surface area contributed by atoms with Crippen LogP contribution in [0.2, 0.25) is 0 Å². The molecule has 0 spiro atoms. The van der Waals surface area contributed by atoms with Crippen LogP contribution in [0.1, 0.15) is 18.2 Å². The molecule has 0 fully saturated rings. The summed E-state index contributed by atoms with van der Waals surface area (Å²) < 4.78 is 1.95. The summed E-state index contributed by atoms with van der Waals surface area (Å²) in [7, 11) is 0. The van der Waals surface area contributed by atoms with Crippen molar-refractivity contribution in [3.63, 3.8) is 0 Å². The maximum absolute atomic E-state index is 4.55. The third kappa shape index (κ3) is 2.75. The predicted octanol–water partition coefficient (Wildman–Crippen LogP) is 4.54. The maximum Gasteiger partial charge on any atom is 0.160 e. The molecule has 2 aromatic rings. The van der Waals surface area contributed by atoms with E-state index in [1.54, 1.807) is 0 Å². The molecule has 0 unspecified atom stereocenters. The zero-order chi connectivity index (χ0) is 12.4. The molecule has 0 radical (unpaired) electrons. The SMILES string of the molecule is CCc1c(C)nc(-c2ccc(Br)cc2)nc1Br. The van der Waals surface area contributed by atoms with Gasteiger partial charge in [-0.2, -0.15) is 0 Å². The molecule has 1 aromatic carbocycles. The van der Waals surface area contributed by atoms with E-state index in [-0.39, 0.29) is 0 Å². The third-order valence-corrected chi connectivity index (χ3v) is 3.80. The van der Waals surface area contributed by atoms with E-state index in [1.807, 2.05) is 31.2 Å². The average molecular weight is 356 g/mol. The summed E-state index contributed by atoms with van der Waals surface area (Å²) in [6.07, 6.45) is 0.938. The molecule has 2 nitrogen and oxygen atoms in total. The molecule has 0 saturated heterocycles.